The van der Waals surface area contributed by atoms with Crippen molar-refractivity contribution in [2.45, 2.75) is 11.3 Å². The average molecular weight is 463 g/mol. The molecule has 3 rings (SSSR count). The number of ether oxygens (including phenoxy) is 3. The maximum atomic E-state index is 12.4. The second-order valence-electron chi connectivity index (χ2n) is 6.40. The number of anilines is 1. The van der Waals surface area contributed by atoms with Gasteiger partial charge < -0.3 is 19.5 Å². The minimum Gasteiger partial charge on any atom is -0.497 e. The molecule has 0 saturated heterocycles. The summed E-state index contributed by atoms with van der Waals surface area (Å²) in [6.45, 7) is 0. The maximum absolute atomic E-state index is 12.4. The first-order valence-corrected chi connectivity index (χ1v) is 11.7. The summed E-state index contributed by atoms with van der Waals surface area (Å²) in [7, 11) is 1.03. The molecule has 10 heteroatoms. The van der Waals surface area contributed by atoms with Crippen molar-refractivity contribution in [2.75, 3.05) is 32.4 Å². The van der Waals surface area contributed by atoms with Crippen molar-refractivity contribution in [1.29, 1.82) is 0 Å². The predicted octanol–water partition coefficient (Wildman–Crippen LogP) is 3.64. The van der Waals surface area contributed by atoms with Crippen LogP contribution in [-0.2, 0) is 14.6 Å². The van der Waals surface area contributed by atoms with E-state index in [0.29, 0.717) is 28.1 Å². The third kappa shape index (κ3) is 5.53. The molecule has 1 amide bonds. The molecule has 0 bridgehead atoms. The number of thiazole rings is 1. The minimum atomic E-state index is -3.58. The molecule has 31 heavy (non-hydrogen) atoms. The van der Waals surface area contributed by atoms with Crippen LogP contribution in [0, 0.1) is 0 Å². The van der Waals surface area contributed by atoms with Crippen LogP contribution in [0.1, 0.15) is 6.42 Å². The molecule has 0 aliphatic heterocycles. The molecule has 3 aromatic rings. The van der Waals surface area contributed by atoms with Crippen LogP contribution in [0.3, 0.4) is 0 Å². The van der Waals surface area contributed by atoms with E-state index in [1.165, 1.54) is 30.6 Å². The van der Waals surface area contributed by atoms with Crippen LogP contribution < -0.4 is 19.5 Å². The van der Waals surface area contributed by atoms with Crippen LogP contribution in [0.15, 0.2) is 52.7 Å². The number of carbonyl (C=O) groups is 1. The van der Waals surface area contributed by atoms with Gasteiger partial charge >= 0.3 is 0 Å². The number of nitrogens with one attached hydrogen (secondary N) is 1. The summed E-state index contributed by atoms with van der Waals surface area (Å²) in [6, 6.07) is 11.5. The Morgan fingerprint density at radius 2 is 1.71 bits per heavy atom. The number of methoxy groups -OCH3 is 3. The van der Waals surface area contributed by atoms with Gasteiger partial charge in [-0.2, -0.15) is 0 Å². The number of hydrogen-bond acceptors (Lipinski definition) is 8. The van der Waals surface area contributed by atoms with Gasteiger partial charge in [0.15, 0.2) is 26.5 Å². The van der Waals surface area contributed by atoms with Crippen LogP contribution >= 0.6 is 11.3 Å². The second-order valence-corrected chi connectivity index (χ2v) is 9.37. The smallest absolute Gasteiger partial charge is 0.227 e. The molecule has 0 atom stereocenters. The molecule has 0 fully saturated rings. The number of amides is 1. The molecule has 0 aliphatic rings. The maximum Gasteiger partial charge on any atom is 0.227 e. The first-order valence-electron chi connectivity index (χ1n) is 9.21. The summed E-state index contributed by atoms with van der Waals surface area (Å²) < 4.78 is 40.4. The highest BCUT2D eigenvalue weighted by Gasteiger charge is 2.17. The summed E-state index contributed by atoms with van der Waals surface area (Å²) in [5.41, 5.74) is 1.46. The Hall–Kier alpha value is -3.11. The largest absolute Gasteiger partial charge is 0.497 e. The van der Waals surface area contributed by atoms with Crippen molar-refractivity contribution < 1.29 is 27.4 Å². The molecule has 1 aromatic heterocycles. The van der Waals surface area contributed by atoms with Gasteiger partial charge in [-0.25, -0.2) is 13.4 Å². The lowest BCUT2D eigenvalue weighted by molar-refractivity contribution is -0.115. The predicted molar refractivity (Wildman–Crippen MR) is 119 cm³/mol. The fourth-order valence-corrected chi connectivity index (χ4v) is 4.75. The van der Waals surface area contributed by atoms with Gasteiger partial charge in [0, 0.05) is 17.4 Å². The molecule has 2 aromatic carbocycles. The zero-order chi connectivity index (χ0) is 22.4. The van der Waals surface area contributed by atoms with Crippen molar-refractivity contribution >= 4 is 32.2 Å². The molecule has 164 valence electrons. The van der Waals surface area contributed by atoms with Gasteiger partial charge in [-0.1, -0.05) is 0 Å². The van der Waals surface area contributed by atoms with E-state index < -0.39 is 15.7 Å². The third-order valence-corrected chi connectivity index (χ3v) is 6.94. The van der Waals surface area contributed by atoms with E-state index in [1.54, 1.807) is 43.9 Å². The Morgan fingerprint density at radius 3 is 2.35 bits per heavy atom. The van der Waals surface area contributed by atoms with Crippen molar-refractivity contribution in [3.63, 3.8) is 0 Å². The van der Waals surface area contributed by atoms with Crippen LogP contribution in [-0.4, -0.2) is 46.4 Å². The van der Waals surface area contributed by atoms with E-state index in [1.807, 2.05) is 6.07 Å². The number of sulfone groups is 1. The fraction of sp³-hybridized carbons (Fsp3) is 0.238. The van der Waals surface area contributed by atoms with Gasteiger partial charge in [0.2, 0.25) is 5.91 Å². The fourth-order valence-electron chi connectivity index (χ4n) is 2.77. The van der Waals surface area contributed by atoms with Gasteiger partial charge in [-0.3, -0.25) is 4.79 Å². The molecule has 0 radical (unpaired) electrons. The molecule has 0 aliphatic carbocycles. The molecular weight excluding hydrogens is 440 g/mol. The van der Waals surface area contributed by atoms with Crippen LogP contribution in [0.4, 0.5) is 5.13 Å². The van der Waals surface area contributed by atoms with E-state index >= 15 is 0 Å². The molecule has 8 nitrogen and oxygen atoms in total. The SMILES string of the molecule is COc1ccc(S(=O)(=O)CCC(=O)Nc2nc(-c3ccc(OC)c(OC)c3)cs2)cc1. The Bertz CT molecular complexity index is 1160. The molecule has 1 N–H and O–H groups in total. The third-order valence-electron chi connectivity index (χ3n) is 4.45. The Morgan fingerprint density at radius 1 is 1.00 bits per heavy atom. The number of hydrogen-bond donors (Lipinski definition) is 1. The quantitative estimate of drug-likeness (QED) is 0.518. The lowest BCUT2D eigenvalue weighted by Crippen LogP contribution is -2.17. The molecular formula is C21H22N2O6S2. The standard InChI is InChI=1S/C21H22N2O6S2/c1-27-15-5-7-16(8-6-15)31(25,26)11-10-20(24)23-21-22-17(13-30-21)14-4-9-18(28-2)19(12-14)29-3/h4-9,12-13H,10-11H2,1-3H3,(H,22,23,24). The summed E-state index contributed by atoms with van der Waals surface area (Å²) in [4.78, 5) is 16.8. The van der Waals surface area contributed by atoms with Gasteiger partial charge in [-0.05, 0) is 42.5 Å². The molecule has 1 heterocycles. The van der Waals surface area contributed by atoms with Gasteiger partial charge in [0.25, 0.3) is 0 Å². The highest BCUT2D eigenvalue weighted by Crippen LogP contribution is 2.33. The number of aromatic nitrogens is 1. The van der Waals surface area contributed by atoms with Crippen molar-refractivity contribution in [3.05, 3.63) is 47.8 Å². The highest BCUT2D eigenvalue weighted by molar-refractivity contribution is 7.91. The summed E-state index contributed by atoms with van der Waals surface area (Å²) in [6.07, 6.45) is -0.181. The van der Waals surface area contributed by atoms with Gasteiger partial charge in [0.05, 0.1) is 37.7 Å². The second kappa shape index (κ2) is 9.80. The summed E-state index contributed by atoms with van der Waals surface area (Å²) >= 11 is 1.25. The van der Waals surface area contributed by atoms with Crippen LogP contribution in [0.5, 0.6) is 17.2 Å². The summed E-state index contributed by atoms with van der Waals surface area (Å²) in [5, 5.41) is 4.84. The zero-order valence-corrected chi connectivity index (χ0v) is 18.9. The first kappa shape index (κ1) is 22.6. The van der Waals surface area contributed by atoms with Crippen molar-refractivity contribution in [1.82, 2.24) is 4.98 Å². The lowest BCUT2D eigenvalue weighted by Gasteiger charge is -2.08. The van der Waals surface area contributed by atoms with E-state index in [2.05, 4.69) is 10.3 Å². The minimum absolute atomic E-state index is 0.145. The van der Waals surface area contributed by atoms with Gasteiger partial charge in [0.1, 0.15) is 5.75 Å². The Labute approximate surface area is 184 Å². The summed E-state index contributed by atoms with van der Waals surface area (Å²) in [5.74, 6) is 1.01. The number of benzene rings is 2. The Balaban J connectivity index is 1.62. The molecule has 0 spiro atoms. The van der Waals surface area contributed by atoms with Gasteiger partial charge in [-0.15, -0.1) is 11.3 Å². The van der Waals surface area contributed by atoms with Crippen molar-refractivity contribution in [3.8, 4) is 28.5 Å². The lowest BCUT2D eigenvalue weighted by atomic mass is 10.1. The van der Waals surface area contributed by atoms with E-state index in [0.717, 1.165) is 5.56 Å². The highest BCUT2D eigenvalue weighted by atomic mass is 32.2. The number of carbonyl (C=O) groups excluding carboxylic acids is 1. The van der Waals surface area contributed by atoms with Crippen LogP contribution in [0.25, 0.3) is 11.3 Å². The van der Waals surface area contributed by atoms with Crippen LogP contribution in [0.2, 0.25) is 0 Å². The zero-order valence-electron chi connectivity index (χ0n) is 17.2. The first-order chi connectivity index (χ1) is 14.9. The number of nitrogens with zero attached hydrogens (tertiary/aromatic N) is 1. The van der Waals surface area contributed by atoms with E-state index in [9.17, 15) is 13.2 Å². The van der Waals surface area contributed by atoms with E-state index in [-0.39, 0.29) is 17.1 Å². The molecule has 0 unspecified atom stereocenters. The normalized spacial score (nSPS) is 11.1. The number of rotatable bonds is 9. The Kier molecular flexibility index (Phi) is 7.13. The van der Waals surface area contributed by atoms with E-state index in [4.69, 9.17) is 14.2 Å². The monoisotopic (exact) mass is 462 g/mol. The van der Waals surface area contributed by atoms with Crippen molar-refractivity contribution in [2.24, 2.45) is 0 Å². The average Bonchev–Trinajstić information content (AvgIpc) is 3.25. The topological polar surface area (TPSA) is 104 Å². The molecule has 0 saturated carbocycles.